The van der Waals surface area contributed by atoms with Crippen LogP contribution in [-0.4, -0.2) is 21.4 Å². The van der Waals surface area contributed by atoms with E-state index in [1.54, 1.807) is 19.2 Å². The zero-order valence-electron chi connectivity index (χ0n) is 8.80. The molecule has 5 nitrogen and oxygen atoms in total. The standard InChI is InChI=1S/C10H12N2O3S/c1-12-8-3-2-4-9(16(11,14)15)7(8)5-6-10(12)13/h2-4H,5-6H2,1H3,(H2,11,14,15). The normalized spacial score (nSPS) is 16.1. The number of hydrogen-bond donors (Lipinski definition) is 1. The van der Waals surface area contributed by atoms with Crippen molar-refractivity contribution in [1.29, 1.82) is 0 Å². The fourth-order valence-corrected chi connectivity index (χ4v) is 2.74. The molecule has 0 fully saturated rings. The molecule has 2 rings (SSSR count). The number of benzene rings is 1. The Hall–Kier alpha value is -1.40. The lowest BCUT2D eigenvalue weighted by Crippen LogP contribution is -2.32. The van der Waals surface area contributed by atoms with E-state index in [2.05, 4.69) is 0 Å². The second kappa shape index (κ2) is 3.57. The van der Waals surface area contributed by atoms with Gasteiger partial charge >= 0.3 is 0 Å². The molecule has 0 saturated heterocycles. The first-order chi connectivity index (χ1) is 7.41. The first kappa shape index (κ1) is 11.1. The molecule has 2 N–H and O–H groups in total. The summed E-state index contributed by atoms with van der Waals surface area (Å²) in [6.45, 7) is 0. The lowest BCUT2D eigenvalue weighted by Gasteiger charge is -2.26. The minimum Gasteiger partial charge on any atom is -0.315 e. The maximum absolute atomic E-state index is 11.5. The highest BCUT2D eigenvalue weighted by atomic mass is 32.2. The van der Waals surface area contributed by atoms with Crippen molar-refractivity contribution >= 4 is 21.6 Å². The highest BCUT2D eigenvalue weighted by Crippen LogP contribution is 2.31. The average molecular weight is 240 g/mol. The molecule has 0 aliphatic carbocycles. The Morgan fingerprint density at radius 3 is 2.62 bits per heavy atom. The third-order valence-electron chi connectivity index (χ3n) is 2.74. The lowest BCUT2D eigenvalue weighted by atomic mass is 10.0. The Morgan fingerprint density at radius 1 is 1.31 bits per heavy atom. The number of sulfonamides is 1. The monoisotopic (exact) mass is 240 g/mol. The number of rotatable bonds is 1. The molecule has 0 bridgehead atoms. The molecule has 16 heavy (non-hydrogen) atoms. The summed E-state index contributed by atoms with van der Waals surface area (Å²) in [4.78, 5) is 13.0. The summed E-state index contributed by atoms with van der Waals surface area (Å²) in [6.07, 6.45) is 0.737. The Kier molecular flexibility index (Phi) is 2.47. The van der Waals surface area contributed by atoms with Crippen molar-refractivity contribution in [3.63, 3.8) is 0 Å². The highest BCUT2D eigenvalue weighted by Gasteiger charge is 2.25. The molecule has 1 aliphatic heterocycles. The largest absolute Gasteiger partial charge is 0.315 e. The molecule has 0 radical (unpaired) electrons. The van der Waals surface area contributed by atoms with Crippen molar-refractivity contribution in [1.82, 2.24) is 0 Å². The molecule has 0 unspecified atom stereocenters. The number of primary sulfonamides is 1. The number of nitrogens with zero attached hydrogens (tertiary/aromatic N) is 1. The Bertz CT molecular complexity index is 551. The molecule has 0 spiro atoms. The summed E-state index contributed by atoms with van der Waals surface area (Å²) in [5.74, 6) is -0.0148. The third-order valence-corrected chi connectivity index (χ3v) is 3.73. The lowest BCUT2D eigenvalue weighted by molar-refractivity contribution is -0.118. The topological polar surface area (TPSA) is 80.5 Å². The smallest absolute Gasteiger partial charge is 0.238 e. The number of nitrogens with two attached hydrogens (primary N) is 1. The molecular formula is C10H12N2O3S. The second-order valence-electron chi connectivity index (χ2n) is 3.75. The van der Waals surface area contributed by atoms with Crippen LogP contribution in [0.25, 0.3) is 0 Å². The molecule has 1 heterocycles. The summed E-state index contributed by atoms with van der Waals surface area (Å²) in [6, 6.07) is 4.78. The van der Waals surface area contributed by atoms with Gasteiger partial charge in [-0.25, -0.2) is 13.6 Å². The number of carbonyl (C=O) groups is 1. The van der Waals surface area contributed by atoms with Gasteiger partial charge in [0.1, 0.15) is 0 Å². The van der Waals surface area contributed by atoms with Gasteiger partial charge in [0, 0.05) is 19.2 Å². The quantitative estimate of drug-likeness (QED) is 0.763. The van der Waals surface area contributed by atoms with Gasteiger partial charge in [-0.15, -0.1) is 0 Å². The van der Waals surface area contributed by atoms with E-state index >= 15 is 0 Å². The molecule has 0 atom stereocenters. The van der Waals surface area contributed by atoms with E-state index in [0.29, 0.717) is 24.1 Å². The van der Waals surface area contributed by atoms with Gasteiger partial charge in [-0.2, -0.15) is 0 Å². The van der Waals surface area contributed by atoms with Gasteiger partial charge in [0.05, 0.1) is 4.90 Å². The first-order valence-corrected chi connectivity index (χ1v) is 6.37. The molecule has 0 saturated carbocycles. The van der Waals surface area contributed by atoms with E-state index in [9.17, 15) is 13.2 Å². The Balaban J connectivity index is 2.67. The van der Waals surface area contributed by atoms with Gasteiger partial charge in [0.25, 0.3) is 0 Å². The van der Waals surface area contributed by atoms with Gasteiger partial charge in [0.2, 0.25) is 15.9 Å². The summed E-state index contributed by atoms with van der Waals surface area (Å²) >= 11 is 0. The average Bonchev–Trinajstić information content (AvgIpc) is 2.21. The van der Waals surface area contributed by atoms with Crippen LogP contribution >= 0.6 is 0 Å². The number of fused-ring (bicyclic) bond motifs is 1. The maximum atomic E-state index is 11.5. The van der Waals surface area contributed by atoms with Gasteiger partial charge in [-0.3, -0.25) is 4.79 Å². The predicted octanol–water partition coefficient (Wildman–Crippen LogP) is 0.243. The van der Waals surface area contributed by atoms with Crippen molar-refractivity contribution in [2.75, 3.05) is 11.9 Å². The predicted molar refractivity (Wildman–Crippen MR) is 59.5 cm³/mol. The minimum absolute atomic E-state index is 0.0148. The second-order valence-corrected chi connectivity index (χ2v) is 5.28. The van der Waals surface area contributed by atoms with Crippen molar-refractivity contribution in [3.05, 3.63) is 23.8 Å². The van der Waals surface area contributed by atoms with Crippen molar-refractivity contribution in [2.24, 2.45) is 5.14 Å². The number of anilines is 1. The van der Waals surface area contributed by atoms with Crippen LogP contribution in [0.5, 0.6) is 0 Å². The SMILES string of the molecule is CN1C(=O)CCc2c1cccc2S(N)(=O)=O. The van der Waals surface area contributed by atoms with Crippen LogP contribution < -0.4 is 10.0 Å². The van der Waals surface area contributed by atoms with Crippen LogP contribution in [0, 0.1) is 0 Å². The van der Waals surface area contributed by atoms with E-state index in [0.717, 1.165) is 0 Å². The fraction of sp³-hybridized carbons (Fsp3) is 0.300. The number of carbonyl (C=O) groups excluding carboxylic acids is 1. The van der Waals surface area contributed by atoms with Crippen molar-refractivity contribution in [3.8, 4) is 0 Å². The number of hydrogen-bond acceptors (Lipinski definition) is 3. The van der Waals surface area contributed by atoms with Crippen LogP contribution in [0.4, 0.5) is 5.69 Å². The zero-order chi connectivity index (χ0) is 11.9. The van der Waals surface area contributed by atoms with Crippen molar-refractivity contribution < 1.29 is 13.2 Å². The highest BCUT2D eigenvalue weighted by molar-refractivity contribution is 7.89. The van der Waals surface area contributed by atoms with Gasteiger partial charge in [0.15, 0.2) is 0 Å². The van der Waals surface area contributed by atoms with E-state index in [1.165, 1.54) is 11.0 Å². The summed E-state index contributed by atoms with van der Waals surface area (Å²) in [7, 11) is -2.09. The number of amides is 1. The molecular weight excluding hydrogens is 228 g/mol. The van der Waals surface area contributed by atoms with Crippen LogP contribution in [0.3, 0.4) is 0 Å². The van der Waals surface area contributed by atoms with Crippen LogP contribution in [0.1, 0.15) is 12.0 Å². The van der Waals surface area contributed by atoms with E-state index in [4.69, 9.17) is 5.14 Å². The van der Waals surface area contributed by atoms with Crippen LogP contribution in [-0.2, 0) is 21.2 Å². The molecule has 1 aromatic rings. The first-order valence-electron chi connectivity index (χ1n) is 4.82. The van der Waals surface area contributed by atoms with Gasteiger partial charge < -0.3 is 4.90 Å². The minimum atomic E-state index is -3.72. The van der Waals surface area contributed by atoms with E-state index in [1.807, 2.05) is 0 Å². The van der Waals surface area contributed by atoms with Gasteiger partial charge in [-0.05, 0) is 24.1 Å². The molecule has 0 aromatic heterocycles. The maximum Gasteiger partial charge on any atom is 0.238 e. The third kappa shape index (κ3) is 1.70. The van der Waals surface area contributed by atoms with E-state index < -0.39 is 10.0 Å². The van der Waals surface area contributed by atoms with E-state index in [-0.39, 0.29) is 10.8 Å². The summed E-state index contributed by atoms with van der Waals surface area (Å²) in [5, 5.41) is 5.13. The zero-order valence-corrected chi connectivity index (χ0v) is 9.62. The molecule has 1 aromatic carbocycles. The molecule has 86 valence electrons. The molecule has 1 aliphatic rings. The van der Waals surface area contributed by atoms with Crippen LogP contribution in [0.15, 0.2) is 23.1 Å². The van der Waals surface area contributed by atoms with Crippen molar-refractivity contribution in [2.45, 2.75) is 17.7 Å². The summed E-state index contributed by atoms with van der Waals surface area (Å²) < 4.78 is 22.7. The van der Waals surface area contributed by atoms with Crippen LogP contribution in [0.2, 0.25) is 0 Å². The Labute approximate surface area is 93.9 Å². The summed E-state index contributed by atoms with van der Waals surface area (Å²) in [5.41, 5.74) is 1.26. The Morgan fingerprint density at radius 2 is 2.00 bits per heavy atom. The van der Waals surface area contributed by atoms with Gasteiger partial charge in [-0.1, -0.05) is 6.07 Å². The molecule has 6 heteroatoms. The molecule has 1 amide bonds. The fourth-order valence-electron chi connectivity index (χ4n) is 1.92.